The Morgan fingerprint density at radius 1 is 1.36 bits per heavy atom. The van der Waals surface area contributed by atoms with Gasteiger partial charge in [-0.1, -0.05) is 35.9 Å². The fourth-order valence-electron chi connectivity index (χ4n) is 2.76. The second-order valence-electron chi connectivity index (χ2n) is 6.23. The molecular formula is C20H27FN2O2. The van der Waals surface area contributed by atoms with Crippen molar-refractivity contribution in [1.29, 1.82) is 0 Å². The van der Waals surface area contributed by atoms with Crippen LogP contribution < -0.4 is 10.6 Å². The van der Waals surface area contributed by atoms with E-state index >= 15 is 0 Å². The second kappa shape index (κ2) is 9.99. The molecule has 136 valence electrons. The Kier molecular flexibility index (Phi) is 7.67. The van der Waals surface area contributed by atoms with Crippen LogP contribution in [-0.2, 0) is 4.74 Å². The Bertz CT molecular complexity index is 617. The molecule has 1 amide bonds. The molecule has 0 saturated carbocycles. The van der Waals surface area contributed by atoms with Gasteiger partial charge in [0.1, 0.15) is 5.83 Å². The summed E-state index contributed by atoms with van der Waals surface area (Å²) in [5.41, 5.74) is 2.84. The van der Waals surface area contributed by atoms with Crippen molar-refractivity contribution in [3.05, 3.63) is 59.1 Å². The lowest BCUT2D eigenvalue weighted by molar-refractivity contribution is 0.176. The van der Waals surface area contributed by atoms with Crippen molar-refractivity contribution in [3.63, 3.8) is 0 Å². The van der Waals surface area contributed by atoms with E-state index in [2.05, 4.69) is 41.8 Å². The maximum absolute atomic E-state index is 13.0. The highest BCUT2D eigenvalue weighted by Gasteiger charge is 2.15. The molecule has 1 unspecified atom stereocenters. The summed E-state index contributed by atoms with van der Waals surface area (Å²) in [6, 6.07) is 8.92. The van der Waals surface area contributed by atoms with Gasteiger partial charge in [-0.2, -0.15) is 0 Å². The first-order chi connectivity index (χ1) is 12.1. The molecule has 1 saturated heterocycles. The predicted octanol–water partition coefficient (Wildman–Crippen LogP) is 4.34. The Morgan fingerprint density at radius 3 is 2.72 bits per heavy atom. The quantitative estimate of drug-likeness (QED) is 0.856. The van der Waals surface area contributed by atoms with Gasteiger partial charge in [0.05, 0.1) is 0 Å². The number of carbonyl (C=O) groups is 1. The minimum Gasteiger partial charge on any atom is -0.408 e. The highest BCUT2D eigenvalue weighted by molar-refractivity contribution is 5.68. The molecule has 0 radical (unpaired) electrons. The van der Waals surface area contributed by atoms with Crippen LogP contribution in [0.15, 0.2) is 48.0 Å². The first kappa shape index (κ1) is 19.2. The van der Waals surface area contributed by atoms with Gasteiger partial charge in [0, 0.05) is 19.5 Å². The van der Waals surface area contributed by atoms with Crippen LogP contribution in [0.3, 0.4) is 0 Å². The average Bonchev–Trinajstić information content (AvgIpc) is 3.13. The number of amides is 1. The Morgan fingerprint density at radius 2 is 2.12 bits per heavy atom. The van der Waals surface area contributed by atoms with Crippen molar-refractivity contribution < 1.29 is 13.9 Å². The van der Waals surface area contributed by atoms with Crippen molar-refractivity contribution in [2.24, 2.45) is 0 Å². The first-order valence-corrected chi connectivity index (χ1v) is 8.88. The molecule has 2 N–H and O–H groups in total. The van der Waals surface area contributed by atoms with E-state index < -0.39 is 6.09 Å². The standard InChI is InChI=1S/C11H15N.C9H12FNO2/c1-9-2-4-10(5-3-9)11-6-7-12-8-11;1-2-11-9(12)13-8-6-4-3-5-7(8)10/h2-5,11-12H,6-8H2,1H3;4,6H,2-3,5H2,1H3,(H,11,12). The second-order valence-corrected chi connectivity index (χ2v) is 6.23. The van der Waals surface area contributed by atoms with Crippen LogP contribution in [-0.4, -0.2) is 25.7 Å². The average molecular weight is 346 g/mol. The highest BCUT2D eigenvalue weighted by atomic mass is 19.1. The number of hydrogen-bond acceptors (Lipinski definition) is 3. The minimum absolute atomic E-state index is 0.0252. The van der Waals surface area contributed by atoms with Gasteiger partial charge in [-0.3, -0.25) is 0 Å². The van der Waals surface area contributed by atoms with E-state index in [0.717, 1.165) is 12.5 Å². The fraction of sp³-hybridized carbons (Fsp3) is 0.450. The third-order valence-corrected chi connectivity index (χ3v) is 4.20. The monoisotopic (exact) mass is 346 g/mol. The first-order valence-electron chi connectivity index (χ1n) is 8.88. The van der Waals surface area contributed by atoms with Crippen molar-refractivity contribution in [1.82, 2.24) is 10.6 Å². The molecule has 1 fully saturated rings. The summed E-state index contributed by atoms with van der Waals surface area (Å²) in [5, 5.41) is 5.80. The van der Waals surface area contributed by atoms with Gasteiger partial charge >= 0.3 is 6.09 Å². The van der Waals surface area contributed by atoms with Crippen LogP contribution in [0.2, 0.25) is 0 Å². The van der Waals surface area contributed by atoms with Crippen LogP contribution in [0.25, 0.3) is 0 Å². The molecule has 25 heavy (non-hydrogen) atoms. The number of ether oxygens (including phenoxy) is 1. The number of rotatable bonds is 3. The summed E-state index contributed by atoms with van der Waals surface area (Å²) in [7, 11) is 0. The van der Waals surface area contributed by atoms with Gasteiger partial charge in [-0.25, -0.2) is 9.18 Å². The summed E-state index contributed by atoms with van der Waals surface area (Å²) in [4.78, 5) is 10.9. The molecule has 1 aliphatic carbocycles. The molecule has 1 heterocycles. The summed E-state index contributed by atoms with van der Waals surface area (Å²) in [6.45, 7) is 6.71. The van der Waals surface area contributed by atoms with Crippen LogP contribution in [0.4, 0.5) is 9.18 Å². The summed E-state index contributed by atoms with van der Waals surface area (Å²) < 4.78 is 17.7. The molecule has 0 bridgehead atoms. The number of hydrogen-bond donors (Lipinski definition) is 2. The lowest BCUT2D eigenvalue weighted by Gasteiger charge is -2.09. The molecule has 1 aromatic carbocycles. The van der Waals surface area contributed by atoms with E-state index in [1.54, 1.807) is 13.0 Å². The third kappa shape index (κ3) is 6.35. The highest BCUT2D eigenvalue weighted by Crippen LogP contribution is 2.22. The number of carbonyl (C=O) groups excluding carboxylic acids is 1. The lowest BCUT2D eigenvalue weighted by Crippen LogP contribution is -2.23. The molecule has 1 aliphatic heterocycles. The van der Waals surface area contributed by atoms with E-state index in [-0.39, 0.29) is 11.6 Å². The molecular weight excluding hydrogens is 319 g/mol. The fourth-order valence-corrected chi connectivity index (χ4v) is 2.76. The van der Waals surface area contributed by atoms with Crippen molar-refractivity contribution in [2.45, 2.75) is 39.0 Å². The Hall–Kier alpha value is -2.14. The van der Waals surface area contributed by atoms with Crippen LogP contribution in [0.1, 0.15) is 43.2 Å². The summed E-state index contributed by atoms with van der Waals surface area (Å²) in [5.74, 6) is 0.413. The smallest absolute Gasteiger partial charge is 0.408 e. The van der Waals surface area contributed by atoms with Crippen LogP contribution >= 0.6 is 0 Å². The van der Waals surface area contributed by atoms with E-state index in [0.29, 0.717) is 19.4 Å². The molecule has 4 nitrogen and oxygen atoms in total. The van der Waals surface area contributed by atoms with E-state index in [1.165, 1.54) is 30.2 Å². The molecule has 0 spiro atoms. The largest absolute Gasteiger partial charge is 0.412 e. The normalized spacial score (nSPS) is 19.2. The number of allylic oxidation sites excluding steroid dienone is 3. The topological polar surface area (TPSA) is 50.4 Å². The number of aryl methyl sites for hydroxylation is 1. The zero-order valence-corrected chi connectivity index (χ0v) is 15.0. The van der Waals surface area contributed by atoms with Gasteiger partial charge in [0.2, 0.25) is 0 Å². The lowest BCUT2D eigenvalue weighted by atomic mass is 9.98. The number of nitrogens with one attached hydrogen (secondary N) is 2. The zero-order valence-electron chi connectivity index (χ0n) is 15.0. The van der Waals surface area contributed by atoms with Gasteiger partial charge in [0.25, 0.3) is 0 Å². The van der Waals surface area contributed by atoms with E-state index in [9.17, 15) is 9.18 Å². The van der Waals surface area contributed by atoms with Crippen LogP contribution in [0.5, 0.6) is 0 Å². The van der Waals surface area contributed by atoms with Gasteiger partial charge in [0.15, 0.2) is 5.76 Å². The van der Waals surface area contributed by atoms with Crippen molar-refractivity contribution in [3.8, 4) is 0 Å². The van der Waals surface area contributed by atoms with Crippen molar-refractivity contribution >= 4 is 6.09 Å². The predicted molar refractivity (Wildman–Crippen MR) is 98.1 cm³/mol. The Balaban J connectivity index is 0.000000181. The molecule has 5 heteroatoms. The molecule has 2 aliphatic rings. The number of benzene rings is 1. The maximum atomic E-state index is 13.0. The molecule has 1 aromatic rings. The van der Waals surface area contributed by atoms with E-state index in [1.807, 2.05) is 0 Å². The minimum atomic E-state index is -0.612. The molecule has 3 rings (SSSR count). The number of alkyl carbamates (subject to hydrolysis) is 1. The van der Waals surface area contributed by atoms with Crippen LogP contribution in [0, 0.1) is 6.92 Å². The van der Waals surface area contributed by atoms with Gasteiger partial charge in [-0.05, 0) is 50.8 Å². The summed E-state index contributed by atoms with van der Waals surface area (Å²) in [6.07, 6.45) is 4.91. The van der Waals surface area contributed by atoms with Crippen molar-refractivity contribution in [2.75, 3.05) is 19.6 Å². The third-order valence-electron chi connectivity index (χ3n) is 4.20. The molecule has 1 atom stereocenters. The maximum Gasteiger partial charge on any atom is 0.412 e. The summed E-state index contributed by atoms with van der Waals surface area (Å²) >= 11 is 0. The van der Waals surface area contributed by atoms with Gasteiger partial charge < -0.3 is 15.4 Å². The van der Waals surface area contributed by atoms with Gasteiger partial charge in [-0.15, -0.1) is 0 Å². The SMILES string of the molecule is CCNC(=O)OC1=C(F)CCC=C1.Cc1ccc(C2CCNC2)cc1. The Labute approximate surface area is 149 Å². The number of halogens is 1. The zero-order chi connectivity index (χ0) is 18.1. The van der Waals surface area contributed by atoms with E-state index in [4.69, 9.17) is 4.74 Å². The molecule has 0 aromatic heterocycles.